The Morgan fingerprint density at radius 1 is 1.55 bits per heavy atom. The molecule has 0 aliphatic heterocycles. The first-order valence-corrected chi connectivity index (χ1v) is 3.14. The lowest BCUT2D eigenvalue weighted by Crippen LogP contribution is -2.02. The van der Waals surface area contributed by atoms with Gasteiger partial charge in [0.1, 0.15) is 5.75 Å². The molecule has 0 heterocycles. The van der Waals surface area contributed by atoms with Crippen molar-refractivity contribution < 1.29 is 14.6 Å². The number of hydrogen-bond donors (Lipinski definition) is 1. The molecule has 0 amide bonds. The van der Waals surface area contributed by atoms with Crippen molar-refractivity contribution >= 4 is 6.16 Å². The summed E-state index contributed by atoms with van der Waals surface area (Å²) in [6.07, 6.45) is -1.03. The van der Waals surface area contributed by atoms with Gasteiger partial charge in [0, 0.05) is 0 Å². The zero-order valence-corrected chi connectivity index (χ0v) is 6.03. The van der Waals surface area contributed by atoms with Gasteiger partial charge >= 0.3 is 7.59 Å². The summed E-state index contributed by atoms with van der Waals surface area (Å²) in [7, 11) is 0. The lowest BCUT2D eigenvalue weighted by molar-refractivity contribution is 0.144. The molecule has 58 valence electrons. The second-order valence-corrected chi connectivity index (χ2v) is 2.17. The monoisotopic (exact) mass is 154 g/mol. The van der Waals surface area contributed by atoms with E-state index in [0.717, 1.165) is 5.56 Å². The Morgan fingerprint density at radius 3 is 2.73 bits per heavy atom. The van der Waals surface area contributed by atoms with Crippen LogP contribution < -0.4 is 4.74 Å². The number of carbonyl (C=O) groups is 1. The Kier molecular flexibility index (Phi) is 1.73. The van der Waals surface area contributed by atoms with Gasteiger partial charge < -0.3 is 9.85 Å². The molecule has 0 saturated carbocycles. The number of rotatable bonds is 1. The van der Waals surface area contributed by atoms with Crippen molar-refractivity contribution in [1.82, 2.24) is 0 Å². The molecule has 0 aliphatic rings. The van der Waals surface area contributed by atoms with E-state index in [2.05, 4.69) is 9.85 Å². The second kappa shape index (κ2) is 3.05. The van der Waals surface area contributed by atoms with E-state index in [0.29, 0.717) is 5.75 Å². The fourth-order valence-electron chi connectivity index (χ4n) is 0.703. The molecule has 1 aromatic rings. The van der Waals surface area contributed by atoms with Crippen LogP contribution in [0.4, 0.5) is 4.79 Å². The van der Waals surface area contributed by atoms with E-state index < -0.39 is 6.16 Å². The quantitative estimate of drug-likeness (QED) is 0.497. The highest BCUT2D eigenvalue weighted by Gasteiger charge is 1.97. The minimum atomic E-state index is -1.03. The highest BCUT2D eigenvalue weighted by molar-refractivity contribution is 5.61. The van der Waals surface area contributed by atoms with E-state index in [1.165, 1.54) is 0 Å². The molecular weight excluding hydrogens is 144 g/mol. The van der Waals surface area contributed by atoms with E-state index in [1.807, 2.05) is 6.92 Å². The van der Waals surface area contributed by atoms with Gasteiger partial charge in [-0.15, -0.1) is 0 Å². The predicted octanol–water partition coefficient (Wildman–Crippen LogP) is 2.05. The molecule has 0 saturated heterocycles. The maximum Gasteiger partial charge on any atom is 0.511 e. The van der Waals surface area contributed by atoms with Crippen LogP contribution in [-0.2, 0) is 0 Å². The van der Waals surface area contributed by atoms with Gasteiger partial charge in [-0.3, -0.25) is 0 Å². The summed E-state index contributed by atoms with van der Waals surface area (Å²) < 4.78 is 10.8. The summed E-state index contributed by atoms with van der Waals surface area (Å²) in [5.74, 6) is 0.373. The normalized spacial score (nSPS) is 10.1. The minimum Gasteiger partial charge on any atom is -0.449 e. The molecule has 3 nitrogen and oxygen atoms in total. The molecular formula is C8H8O3. The van der Waals surface area contributed by atoms with Gasteiger partial charge in [-0.25, -0.2) is 4.79 Å². The van der Waals surface area contributed by atoms with Gasteiger partial charge in [-0.2, -0.15) is 0 Å². The SMILES string of the molecule is [3H]OC(=O)Oc1ccc(C)cc1. The molecule has 0 aliphatic carbocycles. The van der Waals surface area contributed by atoms with E-state index in [-0.39, 0.29) is 0 Å². The smallest absolute Gasteiger partial charge is 0.449 e. The summed E-state index contributed by atoms with van der Waals surface area (Å²) in [5.41, 5.74) is 1.07. The first-order chi connectivity index (χ1) is 5.72. The third-order valence-electron chi connectivity index (χ3n) is 1.22. The number of ether oxygens (including phenoxy) is 1. The lowest BCUT2D eigenvalue weighted by Gasteiger charge is -1.98. The maximum atomic E-state index is 10.4. The van der Waals surface area contributed by atoms with Crippen LogP contribution in [0.3, 0.4) is 0 Å². The van der Waals surface area contributed by atoms with Crippen LogP contribution in [0.25, 0.3) is 1.43 Å². The van der Waals surface area contributed by atoms with Crippen LogP contribution in [0, 0.1) is 6.92 Å². The third kappa shape index (κ3) is 2.29. The second-order valence-electron chi connectivity index (χ2n) is 2.17. The summed E-state index contributed by atoms with van der Waals surface area (Å²) >= 11 is 0. The zero-order valence-electron chi connectivity index (χ0n) is 7.03. The van der Waals surface area contributed by atoms with Crippen LogP contribution in [0.2, 0.25) is 0 Å². The Morgan fingerprint density at radius 2 is 2.18 bits per heavy atom. The van der Waals surface area contributed by atoms with E-state index in [9.17, 15) is 4.79 Å². The van der Waals surface area contributed by atoms with Crippen LogP contribution in [0.15, 0.2) is 24.3 Å². The molecule has 0 bridgehead atoms. The molecule has 1 rings (SSSR count). The highest BCUT2D eigenvalue weighted by Crippen LogP contribution is 2.10. The number of aryl methyl sites for hydroxylation is 1. The summed E-state index contributed by atoms with van der Waals surface area (Å²) in [5, 5.41) is 3.57. The van der Waals surface area contributed by atoms with Crippen LogP contribution >= 0.6 is 0 Å². The highest BCUT2D eigenvalue weighted by atomic mass is 16.7. The molecule has 3 heteroatoms. The lowest BCUT2D eigenvalue weighted by atomic mass is 10.2. The van der Waals surface area contributed by atoms with E-state index >= 15 is 0 Å². The standard InChI is InChI=1S/C8H8O3/c1-6-2-4-7(5-3-6)11-8(9)10/h2-5H,1H3,(H,9,10)/i/hT. The maximum absolute atomic E-state index is 10.4. The summed E-state index contributed by atoms with van der Waals surface area (Å²) in [4.78, 5) is 10.4. The average molecular weight is 154 g/mol. The number of benzene rings is 1. The Balaban J connectivity index is 2.64. The first kappa shape index (κ1) is 6.22. The molecule has 1 aromatic carbocycles. The fourth-order valence-corrected chi connectivity index (χ4v) is 0.703. The molecule has 1 N–H and O–H groups in total. The van der Waals surface area contributed by atoms with Gasteiger partial charge in [-0.05, 0) is 19.1 Å². The van der Waals surface area contributed by atoms with Crippen molar-refractivity contribution in [1.29, 1.82) is 1.43 Å². The topological polar surface area (TPSA) is 46.5 Å². The van der Waals surface area contributed by atoms with Crippen LogP contribution in [0.1, 0.15) is 5.56 Å². The summed E-state index contributed by atoms with van der Waals surface area (Å²) in [6, 6.07) is 6.86. The van der Waals surface area contributed by atoms with Crippen LogP contribution in [0.5, 0.6) is 5.75 Å². The van der Waals surface area contributed by atoms with Crippen molar-refractivity contribution in [3.8, 4) is 5.75 Å². The first-order valence-electron chi connectivity index (χ1n) is 3.55. The Bertz CT molecular complexity index is 268. The molecule has 0 unspecified atom stereocenters. The van der Waals surface area contributed by atoms with Crippen molar-refractivity contribution in [2.45, 2.75) is 6.92 Å². The third-order valence-corrected chi connectivity index (χ3v) is 1.22. The van der Waals surface area contributed by atoms with Crippen molar-refractivity contribution in [2.24, 2.45) is 0 Å². The largest absolute Gasteiger partial charge is 0.511 e. The molecule has 0 aromatic heterocycles. The van der Waals surface area contributed by atoms with E-state index in [4.69, 9.17) is 1.43 Å². The molecule has 0 spiro atoms. The predicted molar refractivity (Wildman–Crippen MR) is 39.8 cm³/mol. The van der Waals surface area contributed by atoms with Gasteiger partial charge in [0.2, 0.25) is 0 Å². The van der Waals surface area contributed by atoms with Crippen LogP contribution in [-0.4, -0.2) is 11.3 Å². The van der Waals surface area contributed by atoms with Gasteiger partial charge in [0.05, 0.1) is 0 Å². The van der Waals surface area contributed by atoms with Crippen molar-refractivity contribution in [3.05, 3.63) is 29.8 Å². The molecule has 0 atom stereocenters. The number of carboxylic acid groups (broad SMARTS) is 1. The molecule has 11 heavy (non-hydrogen) atoms. The van der Waals surface area contributed by atoms with Gasteiger partial charge in [-0.1, -0.05) is 17.7 Å². The Labute approximate surface area is 65.7 Å². The van der Waals surface area contributed by atoms with Crippen molar-refractivity contribution in [2.75, 3.05) is 0 Å². The fraction of sp³-hybridized carbons (Fsp3) is 0.125. The average Bonchev–Trinajstić information content (AvgIpc) is 2.09. The summed E-state index contributed by atoms with van der Waals surface area (Å²) in [6.45, 7) is 1.92. The van der Waals surface area contributed by atoms with E-state index in [1.54, 1.807) is 24.3 Å². The van der Waals surface area contributed by atoms with Crippen molar-refractivity contribution in [3.63, 3.8) is 0 Å². The van der Waals surface area contributed by atoms with Gasteiger partial charge in [0.25, 0.3) is 0 Å². The number of hydrogen-bond acceptors (Lipinski definition) is 3. The molecule has 0 radical (unpaired) electrons. The minimum absolute atomic E-state index is 0.373. The zero-order chi connectivity index (χ0) is 8.97. The Hall–Kier alpha value is -1.51. The van der Waals surface area contributed by atoms with Gasteiger partial charge in [0.15, 0.2) is 0 Å². The molecule has 0 fully saturated rings.